The van der Waals surface area contributed by atoms with E-state index < -0.39 is 0 Å². The Morgan fingerprint density at radius 1 is 0.792 bits per heavy atom. The van der Waals surface area contributed by atoms with Crippen LogP contribution in [-0.4, -0.2) is 21.3 Å². The topological polar surface area (TPSA) is 39.7 Å². The molecule has 0 heterocycles. The van der Waals surface area contributed by atoms with Gasteiger partial charge in [-0.3, -0.25) is 0 Å². The summed E-state index contributed by atoms with van der Waals surface area (Å²) in [5, 5.41) is 5.93. The maximum Gasteiger partial charge on any atom is 0.203 e. The normalized spacial score (nSPS) is 10.5. The van der Waals surface area contributed by atoms with Crippen molar-refractivity contribution in [2.75, 3.05) is 26.6 Å². The number of methoxy groups -OCH3 is 3. The quantitative estimate of drug-likeness (QED) is 0.726. The van der Waals surface area contributed by atoms with Crippen LogP contribution in [0.25, 0.3) is 10.8 Å². The van der Waals surface area contributed by atoms with Gasteiger partial charge in [0.15, 0.2) is 11.5 Å². The van der Waals surface area contributed by atoms with Gasteiger partial charge in [-0.1, -0.05) is 42.5 Å². The molecule has 0 saturated heterocycles. The van der Waals surface area contributed by atoms with Gasteiger partial charge in [-0.25, -0.2) is 0 Å². The second-order valence-electron chi connectivity index (χ2n) is 5.41. The van der Waals surface area contributed by atoms with Crippen molar-refractivity contribution in [2.45, 2.75) is 6.54 Å². The molecule has 0 atom stereocenters. The Morgan fingerprint density at radius 2 is 1.46 bits per heavy atom. The fourth-order valence-corrected chi connectivity index (χ4v) is 2.83. The number of ether oxygens (including phenoxy) is 3. The summed E-state index contributed by atoms with van der Waals surface area (Å²) in [4.78, 5) is 0. The van der Waals surface area contributed by atoms with Crippen molar-refractivity contribution in [1.82, 2.24) is 0 Å². The lowest BCUT2D eigenvalue weighted by Gasteiger charge is -2.15. The molecule has 0 aliphatic rings. The van der Waals surface area contributed by atoms with Crippen LogP contribution in [-0.2, 0) is 6.54 Å². The molecule has 3 rings (SSSR count). The van der Waals surface area contributed by atoms with Gasteiger partial charge in [0.1, 0.15) is 0 Å². The van der Waals surface area contributed by atoms with Crippen molar-refractivity contribution >= 4 is 16.5 Å². The summed E-state index contributed by atoms with van der Waals surface area (Å²) in [5.74, 6) is 1.87. The second-order valence-corrected chi connectivity index (χ2v) is 5.41. The number of hydrogen-bond donors (Lipinski definition) is 1. The third-order valence-electron chi connectivity index (χ3n) is 4.03. The summed E-state index contributed by atoms with van der Waals surface area (Å²) < 4.78 is 16.1. The highest BCUT2D eigenvalue weighted by Gasteiger charge is 2.13. The zero-order chi connectivity index (χ0) is 16.9. The largest absolute Gasteiger partial charge is 0.493 e. The molecule has 3 aromatic carbocycles. The Bertz CT molecular complexity index is 815. The molecule has 124 valence electrons. The van der Waals surface area contributed by atoms with Crippen molar-refractivity contribution in [3.63, 3.8) is 0 Å². The van der Waals surface area contributed by atoms with E-state index >= 15 is 0 Å². The summed E-state index contributed by atoms with van der Waals surface area (Å²) >= 11 is 0. The van der Waals surface area contributed by atoms with Crippen molar-refractivity contribution in [3.8, 4) is 17.2 Å². The minimum Gasteiger partial charge on any atom is -0.493 e. The van der Waals surface area contributed by atoms with Crippen LogP contribution in [0.4, 0.5) is 5.69 Å². The van der Waals surface area contributed by atoms with Crippen LogP contribution in [0.3, 0.4) is 0 Å². The first-order chi connectivity index (χ1) is 11.8. The van der Waals surface area contributed by atoms with E-state index in [0.29, 0.717) is 23.8 Å². The summed E-state index contributed by atoms with van der Waals surface area (Å²) in [6, 6.07) is 18.5. The predicted molar refractivity (Wildman–Crippen MR) is 97.4 cm³/mol. The van der Waals surface area contributed by atoms with Gasteiger partial charge >= 0.3 is 0 Å². The van der Waals surface area contributed by atoms with Gasteiger partial charge in [-0.2, -0.15) is 0 Å². The van der Waals surface area contributed by atoms with E-state index in [-0.39, 0.29) is 0 Å². The van der Waals surface area contributed by atoms with E-state index in [0.717, 1.165) is 5.69 Å². The lowest BCUT2D eigenvalue weighted by Crippen LogP contribution is -2.02. The van der Waals surface area contributed by atoms with E-state index in [9.17, 15) is 0 Å². The summed E-state index contributed by atoms with van der Waals surface area (Å²) in [5.41, 5.74) is 2.15. The molecule has 24 heavy (non-hydrogen) atoms. The molecule has 4 nitrogen and oxygen atoms in total. The van der Waals surface area contributed by atoms with E-state index in [2.05, 4.69) is 47.8 Å². The van der Waals surface area contributed by atoms with Crippen LogP contribution in [0, 0.1) is 0 Å². The maximum atomic E-state index is 5.40. The first kappa shape index (κ1) is 16.0. The monoisotopic (exact) mass is 323 g/mol. The third-order valence-corrected chi connectivity index (χ3v) is 4.03. The molecule has 1 N–H and O–H groups in total. The molecular weight excluding hydrogens is 302 g/mol. The smallest absolute Gasteiger partial charge is 0.203 e. The lowest BCUT2D eigenvalue weighted by molar-refractivity contribution is 0.324. The third kappa shape index (κ3) is 3.08. The first-order valence-corrected chi connectivity index (χ1v) is 7.77. The molecule has 0 spiro atoms. The average Bonchev–Trinajstić information content (AvgIpc) is 2.65. The standard InChI is InChI=1S/C20H21NO3/c1-22-18-11-16(12-19(23-2)20(18)24-3)21-13-15-9-6-8-14-7-4-5-10-17(14)15/h4-12,21H,13H2,1-3H3. The second kappa shape index (κ2) is 7.13. The van der Waals surface area contributed by atoms with Crippen LogP contribution in [0.1, 0.15) is 5.56 Å². The molecule has 3 aromatic rings. The molecule has 0 aliphatic heterocycles. The highest BCUT2D eigenvalue weighted by Crippen LogP contribution is 2.40. The van der Waals surface area contributed by atoms with Gasteiger partial charge in [0.2, 0.25) is 5.75 Å². The van der Waals surface area contributed by atoms with Gasteiger partial charge in [0.25, 0.3) is 0 Å². The van der Waals surface area contributed by atoms with E-state index in [4.69, 9.17) is 14.2 Å². The molecule has 0 aliphatic carbocycles. The molecule has 0 bridgehead atoms. The summed E-state index contributed by atoms with van der Waals surface area (Å²) in [6.45, 7) is 0.708. The van der Waals surface area contributed by atoms with Gasteiger partial charge in [0, 0.05) is 24.4 Å². The van der Waals surface area contributed by atoms with Crippen molar-refractivity contribution in [1.29, 1.82) is 0 Å². The number of hydrogen-bond acceptors (Lipinski definition) is 4. The molecule has 0 radical (unpaired) electrons. The Hall–Kier alpha value is -2.88. The number of nitrogens with one attached hydrogen (secondary N) is 1. The Morgan fingerprint density at radius 3 is 2.12 bits per heavy atom. The minimum atomic E-state index is 0.593. The molecule has 0 fully saturated rings. The van der Waals surface area contributed by atoms with Crippen molar-refractivity contribution < 1.29 is 14.2 Å². The van der Waals surface area contributed by atoms with Crippen LogP contribution < -0.4 is 19.5 Å². The van der Waals surface area contributed by atoms with Crippen LogP contribution in [0.5, 0.6) is 17.2 Å². The van der Waals surface area contributed by atoms with Gasteiger partial charge in [-0.15, -0.1) is 0 Å². The Labute approximate surface area is 142 Å². The minimum absolute atomic E-state index is 0.593. The lowest BCUT2D eigenvalue weighted by atomic mass is 10.0. The molecule has 0 unspecified atom stereocenters. The molecule has 0 saturated carbocycles. The number of anilines is 1. The fraction of sp³-hybridized carbons (Fsp3) is 0.200. The average molecular weight is 323 g/mol. The van der Waals surface area contributed by atoms with Crippen LogP contribution >= 0.6 is 0 Å². The maximum absolute atomic E-state index is 5.40. The van der Waals surface area contributed by atoms with Gasteiger partial charge in [-0.05, 0) is 16.3 Å². The Kier molecular flexibility index (Phi) is 4.75. The van der Waals surface area contributed by atoms with Crippen LogP contribution in [0.2, 0.25) is 0 Å². The first-order valence-electron chi connectivity index (χ1n) is 7.77. The number of rotatable bonds is 6. The number of fused-ring (bicyclic) bond motifs is 1. The van der Waals surface area contributed by atoms with Crippen LogP contribution in [0.15, 0.2) is 54.6 Å². The fourth-order valence-electron chi connectivity index (χ4n) is 2.83. The van der Waals surface area contributed by atoms with E-state index in [1.165, 1.54) is 16.3 Å². The Balaban J connectivity index is 1.88. The predicted octanol–water partition coefficient (Wildman–Crippen LogP) is 4.48. The van der Waals surface area contributed by atoms with Crippen molar-refractivity contribution in [2.24, 2.45) is 0 Å². The summed E-state index contributed by atoms with van der Waals surface area (Å²) in [6.07, 6.45) is 0. The highest BCUT2D eigenvalue weighted by atomic mass is 16.5. The highest BCUT2D eigenvalue weighted by molar-refractivity contribution is 5.85. The SMILES string of the molecule is COc1cc(NCc2cccc3ccccc23)cc(OC)c1OC. The molecular formula is C20H21NO3. The van der Waals surface area contributed by atoms with E-state index in [1.807, 2.05) is 12.1 Å². The van der Waals surface area contributed by atoms with Crippen molar-refractivity contribution in [3.05, 3.63) is 60.2 Å². The summed E-state index contributed by atoms with van der Waals surface area (Å²) in [7, 11) is 4.83. The zero-order valence-corrected chi connectivity index (χ0v) is 14.1. The van der Waals surface area contributed by atoms with Gasteiger partial charge in [0.05, 0.1) is 21.3 Å². The molecule has 0 amide bonds. The molecule has 0 aromatic heterocycles. The van der Waals surface area contributed by atoms with Gasteiger partial charge < -0.3 is 19.5 Å². The number of benzene rings is 3. The van der Waals surface area contributed by atoms with E-state index in [1.54, 1.807) is 21.3 Å². The molecule has 4 heteroatoms. The zero-order valence-electron chi connectivity index (χ0n) is 14.1.